The highest BCUT2D eigenvalue weighted by molar-refractivity contribution is 7.86. The first kappa shape index (κ1) is 28.7. The molecule has 0 unspecified atom stereocenters. The van der Waals surface area contributed by atoms with Crippen LogP contribution in [0.4, 0.5) is 11.4 Å². The molecule has 2 aromatic carbocycles. The molecular weight excluding hydrogens is 544 g/mol. The maximum Gasteiger partial charge on any atom is 0.295 e. The zero-order chi connectivity index (χ0) is 27.6. The minimum absolute atomic E-state index is 0.0501. The fourth-order valence-corrected chi connectivity index (χ4v) is 6.18. The van der Waals surface area contributed by atoms with Crippen LogP contribution < -0.4 is 5.32 Å². The fourth-order valence-electron chi connectivity index (χ4n) is 4.19. The van der Waals surface area contributed by atoms with Crippen molar-refractivity contribution in [2.45, 2.75) is 35.5 Å². The van der Waals surface area contributed by atoms with E-state index in [-0.39, 0.29) is 24.2 Å². The second-order valence-corrected chi connectivity index (χ2v) is 13.2. The van der Waals surface area contributed by atoms with Crippen LogP contribution in [-0.2, 0) is 35.8 Å². The molecule has 3 rings (SSSR count). The van der Waals surface area contributed by atoms with E-state index in [9.17, 15) is 34.4 Å². The largest absolute Gasteiger partial charge is 0.362 e. The van der Waals surface area contributed by atoms with E-state index in [2.05, 4.69) is 5.32 Å². The smallest absolute Gasteiger partial charge is 0.295 e. The second-order valence-electron chi connectivity index (χ2n) is 8.80. The van der Waals surface area contributed by atoms with Crippen molar-refractivity contribution in [1.82, 2.24) is 0 Å². The van der Waals surface area contributed by atoms with Crippen molar-refractivity contribution in [2.24, 2.45) is 0 Å². The average molecular weight is 572 g/mol. The maximum atomic E-state index is 12.3. The summed E-state index contributed by atoms with van der Waals surface area (Å²) in [5, 5.41) is 3.07. The lowest BCUT2D eigenvalue weighted by molar-refractivity contribution is -0.437. The summed E-state index contributed by atoms with van der Waals surface area (Å²) in [6, 6.07) is 11.0. The highest BCUT2D eigenvalue weighted by atomic mass is 32.2. The summed E-state index contributed by atoms with van der Waals surface area (Å²) < 4.78 is 101. The van der Waals surface area contributed by atoms with E-state index in [0.29, 0.717) is 11.8 Å². The van der Waals surface area contributed by atoms with Crippen LogP contribution in [-0.4, -0.2) is 61.5 Å². The summed E-state index contributed by atoms with van der Waals surface area (Å²) in [6.07, 6.45) is 6.52. The zero-order valence-corrected chi connectivity index (χ0v) is 22.4. The second kappa shape index (κ2) is 10.5. The molecule has 0 saturated carbocycles. The third-order valence-electron chi connectivity index (χ3n) is 5.75. The molecule has 37 heavy (non-hydrogen) atoms. The molecule has 0 fully saturated rings. The molecule has 1 aliphatic heterocycles. The maximum absolute atomic E-state index is 12.3. The number of fused-ring (bicyclic) bond motifs is 1. The average Bonchev–Trinajstić information content (AvgIpc) is 2.98. The Morgan fingerprint density at radius 2 is 1.57 bits per heavy atom. The Balaban J connectivity index is 2.14. The minimum Gasteiger partial charge on any atom is -0.362 e. The molecule has 0 spiro atoms. The molecule has 0 aromatic heterocycles. The quantitative estimate of drug-likeness (QED) is 0.188. The van der Waals surface area contributed by atoms with Gasteiger partial charge in [0, 0.05) is 30.5 Å². The Kier molecular flexibility index (Phi) is 8.12. The molecule has 200 valence electrons. The van der Waals surface area contributed by atoms with Crippen molar-refractivity contribution < 1.29 is 43.5 Å². The number of allylic oxidation sites excluding steroid dienone is 3. The van der Waals surface area contributed by atoms with Gasteiger partial charge in [0.2, 0.25) is 5.69 Å². The SMILES string of the molecule is CC1(C)C(/C=C/C=C/Nc2ccccc2)=[N+](CCCS(=O)(=O)O)c2cc(S(=O)(=O)O)cc(S(=O)(=O)O)c21. The molecule has 4 N–H and O–H groups in total. The van der Waals surface area contributed by atoms with Crippen LogP contribution in [0.15, 0.2) is 76.7 Å². The topological polar surface area (TPSA) is 178 Å². The van der Waals surface area contributed by atoms with Gasteiger partial charge in [-0.15, -0.1) is 0 Å². The Bertz CT molecular complexity index is 1610. The van der Waals surface area contributed by atoms with Crippen LogP contribution in [0.1, 0.15) is 25.8 Å². The fraction of sp³-hybridized carbons (Fsp3) is 0.261. The van der Waals surface area contributed by atoms with Gasteiger partial charge < -0.3 is 5.32 Å². The van der Waals surface area contributed by atoms with Gasteiger partial charge in [0.25, 0.3) is 30.4 Å². The number of benzene rings is 2. The molecule has 1 heterocycles. The predicted octanol–water partition coefficient (Wildman–Crippen LogP) is 3.02. The molecule has 0 atom stereocenters. The van der Waals surface area contributed by atoms with Crippen molar-refractivity contribution >= 4 is 47.4 Å². The lowest BCUT2D eigenvalue weighted by atomic mass is 9.81. The van der Waals surface area contributed by atoms with Gasteiger partial charge in [-0.25, -0.2) is 0 Å². The van der Waals surface area contributed by atoms with Gasteiger partial charge in [-0.05, 0) is 38.1 Å². The van der Waals surface area contributed by atoms with Crippen molar-refractivity contribution in [1.29, 1.82) is 0 Å². The Morgan fingerprint density at radius 3 is 2.14 bits per heavy atom. The van der Waals surface area contributed by atoms with E-state index in [1.807, 2.05) is 30.3 Å². The van der Waals surface area contributed by atoms with Crippen LogP contribution in [0.5, 0.6) is 0 Å². The third kappa shape index (κ3) is 6.91. The molecular formula is C23H27N2O9S3+. The lowest BCUT2D eigenvalue weighted by Gasteiger charge is -2.18. The van der Waals surface area contributed by atoms with Crippen molar-refractivity contribution in [3.8, 4) is 0 Å². The van der Waals surface area contributed by atoms with E-state index < -0.39 is 51.3 Å². The standard InChI is InChI=1S/C23H26N2O9S3/c1-23(2)21(11-6-7-12-24-17-9-4-3-5-10-17)25(13-8-14-35(26,27)28)19-15-18(36(29,30)31)16-20(22(19)23)37(32,33)34/h3-7,9-12,15-16H,8,13-14H2,1-2H3,(H3,26,27,28,29,30,31,32,33,34)/p+1. The summed E-state index contributed by atoms with van der Waals surface area (Å²) in [5.74, 6) is -0.597. The summed E-state index contributed by atoms with van der Waals surface area (Å²) in [4.78, 5) is -1.46. The summed E-state index contributed by atoms with van der Waals surface area (Å²) in [5.41, 5.74) is 0.317. The number of hydrogen-bond acceptors (Lipinski definition) is 7. The van der Waals surface area contributed by atoms with E-state index in [4.69, 9.17) is 4.55 Å². The first-order valence-electron chi connectivity index (χ1n) is 10.9. The van der Waals surface area contributed by atoms with Crippen molar-refractivity contribution in [2.75, 3.05) is 17.6 Å². The van der Waals surface area contributed by atoms with Crippen LogP contribution >= 0.6 is 0 Å². The first-order chi connectivity index (χ1) is 17.0. The van der Waals surface area contributed by atoms with Gasteiger partial charge >= 0.3 is 0 Å². The Labute approximate surface area is 216 Å². The third-order valence-corrected chi connectivity index (χ3v) is 8.26. The van der Waals surface area contributed by atoms with Crippen LogP contribution in [0, 0.1) is 0 Å². The Morgan fingerprint density at radius 1 is 0.919 bits per heavy atom. The highest BCUT2D eigenvalue weighted by Gasteiger charge is 2.48. The van der Waals surface area contributed by atoms with E-state index >= 15 is 0 Å². The van der Waals surface area contributed by atoms with Crippen LogP contribution in [0.3, 0.4) is 0 Å². The van der Waals surface area contributed by atoms with Gasteiger partial charge in [-0.2, -0.15) is 29.8 Å². The minimum atomic E-state index is -4.93. The highest BCUT2D eigenvalue weighted by Crippen LogP contribution is 2.45. The molecule has 0 amide bonds. The molecule has 1 aliphatic rings. The molecule has 11 nitrogen and oxygen atoms in total. The molecule has 0 radical (unpaired) electrons. The van der Waals surface area contributed by atoms with Crippen LogP contribution in [0.25, 0.3) is 0 Å². The lowest BCUT2D eigenvalue weighted by Crippen LogP contribution is -2.29. The predicted molar refractivity (Wildman–Crippen MR) is 138 cm³/mol. The number of rotatable bonds is 10. The van der Waals surface area contributed by atoms with Gasteiger partial charge in [0.05, 0.1) is 16.7 Å². The monoisotopic (exact) mass is 571 g/mol. The van der Waals surface area contributed by atoms with Crippen molar-refractivity contribution in [3.63, 3.8) is 0 Å². The zero-order valence-electron chi connectivity index (χ0n) is 19.9. The normalized spacial score (nSPS) is 16.0. The molecule has 2 aromatic rings. The Hall–Kier alpha value is -2.88. The van der Waals surface area contributed by atoms with Crippen LogP contribution in [0.2, 0.25) is 0 Å². The summed E-state index contributed by atoms with van der Waals surface area (Å²) >= 11 is 0. The molecule has 0 aliphatic carbocycles. The first-order valence-corrected chi connectivity index (χ1v) is 15.4. The number of hydrogen-bond donors (Lipinski definition) is 4. The van der Waals surface area contributed by atoms with Gasteiger partial charge in [-0.3, -0.25) is 13.7 Å². The van der Waals surface area contributed by atoms with E-state index in [1.54, 1.807) is 38.3 Å². The van der Waals surface area contributed by atoms with E-state index in [1.165, 1.54) is 4.58 Å². The van der Waals surface area contributed by atoms with Crippen molar-refractivity contribution in [3.05, 3.63) is 72.5 Å². The van der Waals surface area contributed by atoms with E-state index in [0.717, 1.165) is 11.8 Å². The van der Waals surface area contributed by atoms with Gasteiger partial charge in [0.1, 0.15) is 16.3 Å². The number of para-hydroxylation sites is 1. The number of nitrogens with zero attached hydrogens (tertiary/aromatic N) is 1. The molecule has 14 heteroatoms. The van der Waals surface area contributed by atoms with Gasteiger partial charge in [0.15, 0.2) is 5.71 Å². The molecule has 0 bridgehead atoms. The number of anilines is 1. The van der Waals surface area contributed by atoms with Gasteiger partial charge in [-0.1, -0.05) is 24.3 Å². The summed E-state index contributed by atoms with van der Waals surface area (Å²) in [7, 11) is -14.1. The molecule has 0 saturated heterocycles. The summed E-state index contributed by atoms with van der Waals surface area (Å²) in [6.45, 7) is 3.26. The number of nitrogens with one attached hydrogen (secondary N) is 1.